The van der Waals surface area contributed by atoms with Gasteiger partial charge in [-0.2, -0.15) is 8.42 Å². The summed E-state index contributed by atoms with van der Waals surface area (Å²) in [4.78, 5) is 16.0. The van der Waals surface area contributed by atoms with Crippen LogP contribution < -0.4 is 8.61 Å². The molecule has 0 aromatic heterocycles. The van der Waals surface area contributed by atoms with Crippen molar-refractivity contribution in [1.29, 1.82) is 0 Å². The Kier molecular flexibility index (Phi) is 6.43. The summed E-state index contributed by atoms with van der Waals surface area (Å²) in [6.07, 6.45) is -0.365. The van der Waals surface area contributed by atoms with Crippen molar-refractivity contribution in [3.63, 3.8) is 0 Å². The molecule has 2 aromatic rings. The number of ether oxygens (including phenoxy) is 1. The first-order valence-electron chi connectivity index (χ1n) is 11.0. The van der Waals surface area contributed by atoms with Crippen LogP contribution in [0.1, 0.15) is 20.8 Å². The Morgan fingerprint density at radius 3 is 2.24 bits per heavy atom. The Hall–Kier alpha value is -2.92. The molecular formula is C23H28F2N4O4S. The highest BCUT2D eigenvalue weighted by Crippen LogP contribution is 2.45. The van der Waals surface area contributed by atoms with E-state index in [9.17, 15) is 22.0 Å². The zero-order valence-corrected chi connectivity index (χ0v) is 20.2. The first-order valence-corrected chi connectivity index (χ1v) is 12.4. The number of piperazine rings is 1. The van der Waals surface area contributed by atoms with Crippen molar-refractivity contribution >= 4 is 33.4 Å². The van der Waals surface area contributed by atoms with E-state index >= 15 is 0 Å². The van der Waals surface area contributed by atoms with Crippen LogP contribution >= 0.6 is 0 Å². The van der Waals surface area contributed by atoms with Crippen LogP contribution in [-0.4, -0.2) is 69.2 Å². The molecule has 0 spiro atoms. The first kappa shape index (κ1) is 24.2. The standard InChI is InChI=1S/C23H28F2N4O4S/c1-23(2,3)33-22(30)27-13-10-26(11-14-27)12-15-28-19-6-4-5-7-20(19)29(34(28,31)32)21-16-17(24)8-9-18(21)25/h4-9,16H,10-15H2,1-3H3. The molecule has 0 aliphatic carbocycles. The number of fused-ring (bicyclic) bond motifs is 1. The number of anilines is 3. The van der Waals surface area contributed by atoms with Crippen LogP contribution in [0.4, 0.5) is 30.6 Å². The number of nitrogens with zero attached hydrogens (tertiary/aromatic N) is 4. The highest BCUT2D eigenvalue weighted by molar-refractivity contribution is 7.95. The van der Waals surface area contributed by atoms with E-state index in [1.807, 2.05) is 20.8 Å². The second-order valence-corrected chi connectivity index (χ2v) is 10.9. The Labute approximate surface area is 198 Å². The van der Waals surface area contributed by atoms with Gasteiger partial charge in [-0.3, -0.25) is 4.90 Å². The predicted molar refractivity (Wildman–Crippen MR) is 125 cm³/mol. The van der Waals surface area contributed by atoms with Crippen molar-refractivity contribution in [1.82, 2.24) is 9.80 Å². The van der Waals surface area contributed by atoms with Crippen molar-refractivity contribution < 1.29 is 26.7 Å². The zero-order chi connectivity index (χ0) is 24.7. The fourth-order valence-electron chi connectivity index (χ4n) is 4.04. The molecule has 0 bridgehead atoms. The number of amides is 1. The number of rotatable bonds is 4. The largest absolute Gasteiger partial charge is 0.444 e. The molecule has 2 aliphatic heterocycles. The van der Waals surface area contributed by atoms with Gasteiger partial charge in [0.1, 0.15) is 17.2 Å². The van der Waals surface area contributed by atoms with Gasteiger partial charge in [-0.1, -0.05) is 12.1 Å². The summed E-state index contributed by atoms with van der Waals surface area (Å²) in [5.74, 6) is -1.56. The highest BCUT2D eigenvalue weighted by Gasteiger charge is 2.42. The summed E-state index contributed by atoms with van der Waals surface area (Å²) in [5.41, 5.74) is -0.264. The molecule has 0 radical (unpaired) electrons. The molecule has 0 saturated carbocycles. The molecule has 2 aromatic carbocycles. The molecule has 1 amide bonds. The van der Waals surface area contributed by atoms with Gasteiger partial charge in [0.15, 0.2) is 0 Å². The third-order valence-electron chi connectivity index (χ3n) is 5.65. The summed E-state index contributed by atoms with van der Waals surface area (Å²) in [6, 6.07) is 9.30. The van der Waals surface area contributed by atoms with E-state index in [2.05, 4.69) is 4.90 Å². The minimum absolute atomic E-state index is 0.124. The number of hydrogen-bond donors (Lipinski definition) is 0. The molecule has 4 rings (SSSR count). The van der Waals surface area contributed by atoms with Gasteiger partial charge in [0.25, 0.3) is 0 Å². The minimum Gasteiger partial charge on any atom is -0.444 e. The highest BCUT2D eigenvalue weighted by atomic mass is 32.2. The van der Waals surface area contributed by atoms with Gasteiger partial charge in [0, 0.05) is 45.3 Å². The lowest BCUT2D eigenvalue weighted by molar-refractivity contribution is 0.0148. The smallest absolute Gasteiger partial charge is 0.410 e. The molecule has 1 saturated heterocycles. The molecule has 11 heteroatoms. The molecule has 1 fully saturated rings. The quantitative estimate of drug-likeness (QED) is 0.648. The maximum absolute atomic E-state index is 14.5. The summed E-state index contributed by atoms with van der Waals surface area (Å²) in [6.45, 7) is 8.05. The average Bonchev–Trinajstić information content (AvgIpc) is 2.99. The topological polar surface area (TPSA) is 73.4 Å². The average molecular weight is 495 g/mol. The number of benzene rings is 2. The number of carbonyl (C=O) groups is 1. The van der Waals surface area contributed by atoms with E-state index in [1.165, 1.54) is 4.31 Å². The minimum atomic E-state index is -4.18. The van der Waals surface area contributed by atoms with Crippen LogP contribution in [-0.2, 0) is 14.9 Å². The van der Waals surface area contributed by atoms with E-state index in [0.29, 0.717) is 38.4 Å². The van der Waals surface area contributed by atoms with Crippen molar-refractivity contribution in [3.05, 3.63) is 54.1 Å². The van der Waals surface area contributed by atoms with Crippen LogP contribution in [0.25, 0.3) is 0 Å². The number of para-hydroxylation sites is 2. The predicted octanol–water partition coefficient (Wildman–Crippen LogP) is 3.72. The second kappa shape index (κ2) is 9.03. The van der Waals surface area contributed by atoms with Gasteiger partial charge in [-0.25, -0.2) is 22.2 Å². The van der Waals surface area contributed by atoms with Gasteiger partial charge in [0.05, 0.1) is 17.1 Å². The number of hydrogen-bond acceptors (Lipinski definition) is 5. The van der Waals surface area contributed by atoms with Crippen molar-refractivity contribution in [2.24, 2.45) is 0 Å². The SMILES string of the molecule is CC(C)(C)OC(=O)N1CCN(CCN2c3ccccc3N(c3cc(F)ccc3F)S2(=O)=O)CC1. The second-order valence-electron chi connectivity index (χ2n) is 9.24. The third kappa shape index (κ3) is 4.80. The lowest BCUT2D eigenvalue weighted by atomic mass is 10.2. The molecule has 0 atom stereocenters. The Morgan fingerprint density at radius 1 is 0.941 bits per heavy atom. The summed E-state index contributed by atoms with van der Waals surface area (Å²) >= 11 is 0. The van der Waals surface area contributed by atoms with Crippen LogP contribution in [0.5, 0.6) is 0 Å². The summed E-state index contributed by atoms with van der Waals surface area (Å²) in [7, 11) is -4.18. The molecular weight excluding hydrogens is 466 g/mol. The van der Waals surface area contributed by atoms with E-state index in [4.69, 9.17) is 4.74 Å². The van der Waals surface area contributed by atoms with Crippen LogP contribution in [0.2, 0.25) is 0 Å². The maximum Gasteiger partial charge on any atom is 0.410 e. The van der Waals surface area contributed by atoms with E-state index in [-0.39, 0.29) is 24.0 Å². The lowest BCUT2D eigenvalue weighted by Gasteiger charge is -2.36. The van der Waals surface area contributed by atoms with Gasteiger partial charge in [0.2, 0.25) is 0 Å². The summed E-state index contributed by atoms with van der Waals surface area (Å²) < 4.78 is 62.7. The Morgan fingerprint density at radius 2 is 1.59 bits per heavy atom. The Bertz CT molecular complexity index is 1180. The fourth-order valence-corrected chi connectivity index (χ4v) is 5.74. The van der Waals surface area contributed by atoms with Crippen LogP contribution in [0, 0.1) is 11.6 Å². The molecule has 0 unspecified atom stereocenters. The van der Waals surface area contributed by atoms with E-state index in [1.54, 1.807) is 29.2 Å². The molecule has 184 valence electrons. The number of carbonyl (C=O) groups excluding carboxylic acids is 1. The number of halogens is 2. The van der Waals surface area contributed by atoms with Crippen molar-refractivity contribution in [2.45, 2.75) is 26.4 Å². The lowest BCUT2D eigenvalue weighted by Crippen LogP contribution is -2.51. The van der Waals surface area contributed by atoms with Gasteiger partial charge in [-0.15, -0.1) is 0 Å². The third-order valence-corrected chi connectivity index (χ3v) is 7.44. The normalized spacial score (nSPS) is 18.2. The van der Waals surface area contributed by atoms with Gasteiger partial charge in [-0.05, 0) is 45.0 Å². The van der Waals surface area contributed by atoms with E-state index in [0.717, 1.165) is 22.5 Å². The van der Waals surface area contributed by atoms with Crippen molar-refractivity contribution in [3.8, 4) is 0 Å². The van der Waals surface area contributed by atoms with Crippen molar-refractivity contribution in [2.75, 3.05) is 47.9 Å². The summed E-state index contributed by atoms with van der Waals surface area (Å²) in [5, 5.41) is 0. The molecule has 2 aliphatic rings. The van der Waals surface area contributed by atoms with E-state index < -0.39 is 27.4 Å². The van der Waals surface area contributed by atoms with Crippen LogP contribution in [0.15, 0.2) is 42.5 Å². The fraction of sp³-hybridized carbons (Fsp3) is 0.435. The molecule has 2 heterocycles. The maximum atomic E-state index is 14.5. The zero-order valence-electron chi connectivity index (χ0n) is 19.4. The van der Waals surface area contributed by atoms with Gasteiger partial charge < -0.3 is 9.64 Å². The van der Waals surface area contributed by atoms with Crippen LogP contribution in [0.3, 0.4) is 0 Å². The molecule has 8 nitrogen and oxygen atoms in total. The Balaban J connectivity index is 1.47. The molecule has 34 heavy (non-hydrogen) atoms. The molecule has 0 N–H and O–H groups in total. The monoisotopic (exact) mass is 494 g/mol. The first-order chi connectivity index (χ1) is 16.0. The van der Waals surface area contributed by atoms with Gasteiger partial charge >= 0.3 is 16.3 Å².